The van der Waals surface area contributed by atoms with Crippen molar-refractivity contribution in [2.45, 2.75) is 33.1 Å². The Morgan fingerprint density at radius 1 is 1.15 bits per heavy atom. The first kappa shape index (κ1) is 16.1. The van der Waals surface area contributed by atoms with E-state index in [4.69, 9.17) is 9.47 Å². The van der Waals surface area contributed by atoms with Crippen molar-refractivity contribution in [2.75, 3.05) is 6.61 Å². The standard InChI is InChI=1S/C15H19FO4/c1-11(2)10-19-14(17)8-5-9-15(18)20-13-7-4-3-6-12(13)16/h3-4,6-7,11H,5,8-10H2,1-2H3. The number of benzene rings is 1. The molecule has 0 atom stereocenters. The quantitative estimate of drug-likeness (QED) is 0.569. The number of carbonyl (C=O) groups is 2. The van der Waals surface area contributed by atoms with Crippen molar-refractivity contribution in [3.05, 3.63) is 30.1 Å². The number of hydrogen-bond acceptors (Lipinski definition) is 4. The van der Waals surface area contributed by atoms with Crippen molar-refractivity contribution in [2.24, 2.45) is 5.92 Å². The van der Waals surface area contributed by atoms with Gasteiger partial charge in [-0.25, -0.2) is 4.39 Å². The van der Waals surface area contributed by atoms with E-state index in [0.717, 1.165) is 0 Å². The van der Waals surface area contributed by atoms with Crippen LogP contribution in [0.15, 0.2) is 24.3 Å². The zero-order valence-corrected chi connectivity index (χ0v) is 11.7. The minimum atomic E-state index is -0.586. The lowest BCUT2D eigenvalue weighted by Crippen LogP contribution is -2.12. The molecule has 1 aromatic carbocycles. The van der Waals surface area contributed by atoms with Crippen LogP contribution >= 0.6 is 0 Å². The summed E-state index contributed by atoms with van der Waals surface area (Å²) in [5.41, 5.74) is 0. The molecule has 0 fully saturated rings. The molecule has 0 N–H and O–H groups in total. The Kier molecular flexibility index (Phi) is 6.70. The molecular weight excluding hydrogens is 263 g/mol. The Bertz CT molecular complexity index is 457. The first-order valence-corrected chi connectivity index (χ1v) is 6.60. The molecule has 0 bridgehead atoms. The van der Waals surface area contributed by atoms with Crippen molar-refractivity contribution in [3.63, 3.8) is 0 Å². The van der Waals surface area contributed by atoms with E-state index in [1.165, 1.54) is 18.2 Å². The highest BCUT2D eigenvalue weighted by atomic mass is 19.1. The van der Waals surface area contributed by atoms with Crippen LogP contribution in [-0.2, 0) is 14.3 Å². The summed E-state index contributed by atoms with van der Waals surface area (Å²) in [6.45, 7) is 4.26. The fraction of sp³-hybridized carbons (Fsp3) is 0.467. The number of para-hydroxylation sites is 1. The number of halogens is 1. The monoisotopic (exact) mass is 282 g/mol. The van der Waals surface area contributed by atoms with Crippen molar-refractivity contribution >= 4 is 11.9 Å². The van der Waals surface area contributed by atoms with Crippen LogP contribution in [0.4, 0.5) is 4.39 Å². The first-order valence-electron chi connectivity index (χ1n) is 6.60. The van der Waals surface area contributed by atoms with Gasteiger partial charge in [-0.1, -0.05) is 26.0 Å². The molecule has 0 aliphatic carbocycles. The largest absolute Gasteiger partial charge is 0.465 e. The van der Waals surface area contributed by atoms with Gasteiger partial charge in [0.2, 0.25) is 0 Å². The molecule has 0 aliphatic rings. The van der Waals surface area contributed by atoms with Crippen molar-refractivity contribution in [3.8, 4) is 5.75 Å². The molecule has 0 saturated heterocycles. The number of ether oxygens (including phenoxy) is 2. The van der Waals surface area contributed by atoms with Gasteiger partial charge in [-0.05, 0) is 24.5 Å². The Morgan fingerprint density at radius 2 is 1.80 bits per heavy atom. The summed E-state index contributed by atoms with van der Waals surface area (Å²) in [4.78, 5) is 22.8. The Balaban J connectivity index is 2.24. The number of esters is 2. The molecule has 0 amide bonds. The van der Waals surface area contributed by atoms with Gasteiger partial charge in [0, 0.05) is 12.8 Å². The lowest BCUT2D eigenvalue weighted by atomic mass is 10.2. The fourth-order valence-electron chi connectivity index (χ4n) is 1.41. The van der Waals surface area contributed by atoms with E-state index in [2.05, 4.69) is 0 Å². The van der Waals surface area contributed by atoms with E-state index in [9.17, 15) is 14.0 Å². The summed E-state index contributed by atoms with van der Waals surface area (Å²) >= 11 is 0. The van der Waals surface area contributed by atoms with Crippen molar-refractivity contribution in [1.29, 1.82) is 0 Å². The van der Waals surface area contributed by atoms with E-state index in [-0.39, 0.29) is 30.5 Å². The maximum atomic E-state index is 13.2. The number of rotatable bonds is 7. The molecule has 0 saturated carbocycles. The Hall–Kier alpha value is -1.91. The van der Waals surface area contributed by atoms with Crippen LogP contribution in [0.5, 0.6) is 5.75 Å². The molecule has 4 nitrogen and oxygen atoms in total. The second kappa shape index (κ2) is 8.30. The summed E-state index contributed by atoms with van der Waals surface area (Å²) < 4.78 is 23.1. The van der Waals surface area contributed by atoms with Gasteiger partial charge in [-0.15, -0.1) is 0 Å². The fourth-order valence-corrected chi connectivity index (χ4v) is 1.41. The topological polar surface area (TPSA) is 52.6 Å². The third kappa shape index (κ3) is 6.31. The van der Waals surface area contributed by atoms with Gasteiger partial charge in [0.05, 0.1) is 6.61 Å². The SMILES string of the molecule is CC(C)COC(=O)CCCC(=O)Oc1ccccc1F. The third-order valence-electron chi connectivity index (χ3n) is 2.40. The summed E-state index contributed by atoms with van der Waals surface area (Å²) in [7, 11) is 0. The molecule has 0 aromatic heterocycles. The highest BCUT2D eigenvalue weighted by molar-refractivity contribution is 5.74. The van der Waals surface area contributed by atoms with Gasteiger partial charge < -0.3 is 9.47 Å². The van der Waals surface area contributed by atoms with E-state index in [1.807, 2.05) is 13.8 Å². The van der Waals surface area contributed by atoms with Gasteiger partial charge in [0.1, 0.15) is 0 Å². The number of hydrogen-bond donors (Lipinski definition) is 0. The van der Waals surface area contributed by atoms with E-state index in [1.54, 1.807) is 6.07 Å². The Morgan fingerprint density at radius 3 is 2.45 bits per heavy atom. The van der Waals surface area contributed by atoms with Gasteiger partial charge in [-0.3, -0.25) is 9.59 Å². The maximum Gasteiger partial charge on any atom is 0.311 e. The van der Waals surface area contributed by atoms with Gasteiger partial charge in [0.25, 0.3) is 0 Å². The highest BCUT2D eigenvalue weighted by Gasteiger charge is 2.10. The average molecular weight is 282 g/mol. The zero-order valence-electron chi connectivity index (χ0n) is 11.7. The minimum Gasteiger partial charge on any atom is -0.465 e. The van der Waals surface area contributed by atoms with Gasteiger partial charge >= 0.3 is 11.9 Å². The number of carbonyl (C=O) groups excluding carboxylic acids is 2. The third-order valence-corrected chi connectivity index (χ3v) is 2.40. The van der Waals surface area contributed by atoms with E-state index < -0.39 is 11.8 Å². The van der Waals surface area contributed by atoms with E-state index >= 15 is 0 Å². The van der Waals surface area contributed by atoms with Crippen LogP contribution in [0, 0.1) is 11.7 Å². The molecule has 0 heterocycles. The van der Waals surface area contributed by atoms with Crippen LogP contribution in [0.2, 0.25) is 0 Å². The summed E-state index contributed by atoms with van der Waals surface area (Å²) in [5.74, 6) is -1.30. The van der Waals surface area contributed by atoms with Crippen LogP contribution in [0.1, 0.15) is 33.1 Å². The summed E-state index contributed by atoms with van der Waals surface area (Å²) in [6.07, 6.45) is 0.522. The molecule has 5 heteroatoms. The summed E-state index contributed by atoms with van der Waals surface area (Å²) in [5, 5.41) is 0. The molecule has 0 unspecified atom stereocenters. The second-order valence-corrected chi connectivity index (χ2v) is 4.83. The average Bonchev–Trinajstić information content (AvgIpc) is 2.39. The predicted molar refractivity (Wildman–Crippen MR) is 71.7 cm³/mol. The van der Waals surface area contributed by atoms with Crippen LogP contribution in [-0.4, -0.2) is 18.5 Å². The minimum absolute atomic E-state index is 0.0467. The van der Waals surface area contributed by atoms with Crippen LogP contribution in [0.25, 0.3) is 0 Å². The summed E-state index contributed by atoms with van der Waals surface area (Å²) in [6, 6.07) is 5.68. The first-order chi connectivity index (χ1) is 9.49. The highest BCUT2D eigenvalue weighted by Crippen LogP contribution is 2.16. The molecule has 0 aliphatic heterocycles. The normalized spacial score (nSPS) is 10.4. The van der Waals surface area contributed by atoms with Gasteiger partial charge in [0.15, 0.2) is 11.6 Å². The zero-order chi connectivity index (χ0) is 15.0. The molecule has 0 radical (unpaired) electrons. The molecule has 20 heavy (non-hydrogen) atoms. The maximum absolute atomic E-state index is 13.2. The smallest absolute Gasteiger partial charge is 0.311 e. The van der Waals surface area contributed by atoms with E-state index in [0.29, 0.717) is 13.0 Å². The van der Waals surface area contributed by atoms with Crippen molar-refractivity contribution in [1.82, 2.24) is 0 Å². The second-order valence-electron chi connectivity index (χ2n) is 4.83. The molecule has 0 spiro atoms. The Labute approximate surface area is 117 Å². The lowest BCUT2D eigenvalue weighted by Gasteiger charge is -2.07. The molecule has 110 valence electrons. The van der Waals surface area contributed by atoms with Crippen molar-refractivity contribution < 1.29 is 23.5 Å². The van der Waals surface area contributed by atoms with Crippen LogP contribution < -0.4 is 4.74 Å². The molecular formula is C15H19FO4. The van der Waals surface area contributed by atoms with Crippen LogP contribution in [0.3, 0.4) is 0 Å². The predicted octanol–water partition coefficient (Wildman–Crippen LogP) is 3.10. The molecule has 1 rings (SSSR count). The lowest BCUT2D eigenvalue weighted by molar-refractivity contribution is -0.145. The van der Waals surface area contributed by atoms with Gasteiger partial charge in [-0.2, -0.15) is 0 Å². The molecule has 1 aromatic rings.